The summed E-state index contributed by atoms with van der Waals surface area (Å²) in [6.45, 7) is 13.0. The number of halogens is 1. The first-order chi connectivity index (χ1) is 11.6. The number of aromatic nitrogens is 1. The van der Waals surface area contributed by atoms with Gasteiger partial charge in [-0.2, -0.15) is 0 Å². The molecule has 2 nitrogen and oxygen atoms in total. The molecule has 25 heavy (non-hydrogen) atoms. The van der Waals surface area contributed by atoms with Crippen molar-refractivity contribution in [2.75, 3.05) is 0 Å². The van der Waals surface area contributed by atoms with Crippen LogP contribution in [0, 0.1) is 5.82 Å². The summed E-state index contributed by atoms with van der Waals surface area (Å²) < 4.78 is 20.4. The van der Waals surface area contributed by atoms with E-state index in [2.05, 4.69) is 38.9 Å². The average Bonchev–Trinajstić information content (AvgIpc) is 3.02. The zero-order valence-corrected chi connectivity index (χ0v) is 16.2. The lowest BCUT2D eigenvalue weighted by Crippen LogP contribution is -2.34. The van der Waals surface area contributed by atoms with Crippen LogP contribution in [-0.2, 0) is 17.3 Å². The molecule has 1 aliphatic rings. The number of hydrogen-bond acceptors (Lipinski definition) is 2. The highest BCUT2D eigenvalue weighted by molar-refractivity contribution is 5.71. The van der Waals surface area contributed by atoms with Gasteiger partial charge in [-0.3, -0.25) is 0 Å². The van der Waals surface area contributed by atoms with Crippen LogP contribution in [0.3, 0.4) is 0 Å². The molecule has 2 aromatic rings. The lowest BCUT2D eigenvalue weighted by Gasteiger charge is -2.42. The highest BCUT2D eigenvalue weighted by atomic mass is 19.1. The molecule has 0 bridgehead atoms. The molecule has 0 fully saturated rings. The largest absolute Gasteiger partial charge is 0.361 e. The van der Waals surface area contributed by atoms with E-state index in [0.717, 1.165) is 35.3 Å². The molecule has 0 unspecified atom stereocenters. The van der Waals surface area contributed by atoms with Gasteiger partial charge in [0.2, 0.25) is 0 Å². The van der Waals surface area contributed by atoms with Gasteiger partial charge in [0.05, 0.1) is 6.20 Å². The van der Waals surface area contributed by atoms with Crippen molar-refractivity contribution in [3.63, 3.8) is 0 Å². The molecule has 0 amide bonds. The van der Waals surface area contributed by atoms with E-state index in [0.29, 0.717) is 12.0 Å². The van der Waals surface area contributed by atoms with Crippen LogP contribution in [0.15, 0.2) is 34.5 Å². The van der Waals surface area contributed by atoms with Crippen molar-refractivity contribution in [2.24, 2.45) is 0 Å². The van der Waals surface area contributed by atoms with Crippen molar-refractivity contribution < 1.29 is 8.91 Å². The molecular weight excluding hydrogens is 313 g/mol. The molecule has 1 heterocycles. The van der Waals surface area contributed by atoms with Crippen molar-refractivity contribution in [3.05, 3.63) is 58.2 Å². The SMILES string of the molecule is CC(C)=C(Cc1ccno1)c1cc2c(cc1F)C(C)(C)CCC2(C)C. The van der Waals surface area contributed by atoms with Crippen LogP contribution >= 0.6 is 0 Å². The van der Waals surface area contributed by atoms with Crippen LogP contribution in [0.25, 0.3) is 5.57 Å². The second kappa shape index (κ2) is 6.12. The van der Waals surface area contributed by atoms with Gasteiger partial charge in [-0.15, -0.1) is 0 Å². The summed E-state index contributed by atoms with van der Waals surface area (Å²) in [6, 6.07) is 5.70. The Morgan fingerprint density at radius 1 is 1.08 bits per heavy atom. The maximum absolute atomic E-state index is 15.1. The van der Waals surface area contributed by atoms with Crippen LogP contribution in [-0.4, -0.2) is 5.16 Å². The Kier molecular flexibility index (Phi) is 4.38. The second-order valence-electron chi connectivity index (χ2n) is 8.78. The van der Waals surface area contributed by atoms with Crippen molar-refractivity contribution >= 4 is 5.57 Å². The van der Waals surface area contributed by atoms with E-state index in [1.54, 1.807) is 12.3 Å². The monoisotopic (exact) mass is 341 g/mol. The number of benzene rings is 1. The maximum atomic E-state index is 15.1. The predicted molar refractivity (Wildman–Crippen MR) is 100 cm³/mol. The van der Waals surface area contributed by atoms with Crippen LogP contribution in [0.2, 0.25) is 0 Å². The molecule has 1 aromatic carbocycles. The molecule has 0 saturated heterocycles. The zero-order chi connectivity index (χ0) is 18.4. The molecular formula is C22H28FNO. The van der Waals surface area contributed by atoms with Gasteiger partial charge in [0.15, 0.2) is 0 Å². The third-order valence-electron chi connectivity index (χ3n) is 5.71. The minimum atomic E-state index is -0.139. The molecule has 134 valence electrons. The van der Waals surface area contributed by atoms with E-state index < -0.39 is 0 Å². The lowest BCUT2D eigenvalue weighted by molar-refractivity contribution is 0.330. The topological polar surface area (TPSA) is 26.0 Å². The highest BCUT2D eigenvalue weighted by Gasteiger charge is 2.38. The normalized spacial score (nSPS) is 17.9. The van der Waals surface area contributed by atoms with Crippen LogP contribution in [0.5, 0.6) is 0 Å². The standard InChI is InChI=1S/C22H28FNO/c1-14(2)16(11-15-7-10-24-25-15)17-12-18-19(13-20(17)23)22(5,6)9-8-21(18,3)4/h7,10,12-13H,8-9,11H2,1-6H3. The molecule has 0 atom stereocenters. The summed E-state index contributed by atoms with van der Waals surface area (Å²) in [6.07, 6.45) is 4.39. The van der Waals surface area contributed by atoms with Gasteiger partial charge in [-0.1, -0.05) is 38.4 Å². The van der Waals surface area contributed by atoms with Gasteiger partial charge in [0, 0.05) is 18.1 Å². The summed E-state index contributed by atoms with van der Waals surface area (Å²) >= 11 is 0. The third kappa shape index (κ3) is 3.29. The zero-order valence-electron chi connectivity index (χ0n) is 16.2. The molecule has 0 spiro atoms. The first-order valence-electron chi connectivity index (χ1n) is 9.02. The van der Waals surface area contributed by atoms with Crippen molar-refractivity contribution in [1.82, 2.24) is 5.16 Å². The van der Waals surface area contributed by atoms with Gasteiger partial charge < -0.3 is 4.52 Å². The van der Waals surface area contributed by atoms with E-state index in [1.165, 1.54) is 5.56 Å². The van der Waals surface area contributed by atoms with Gasteiger partial charge in [0.1, 0.15) is 11.6 Å². The number of allylic oxidation sites excluding steroid dienone is 2. The summed E-state index contributed by atoms with van der Waals surface area (Å²) in [5.74, 6) is 0.619. The van der Waals surface area contributed by atoms with E-state index in [-0.39, 0.29) is 16.6 Å². The molecule has 1 aromatic heterocycles. The minimum Gasteiger partial charge on any atom is -0.361 e. The van der Waals surface area contributed by atoms with Gasteiger partial charge >= 0.3 is 0 Å². The second-order valence-corrected chi connectivity index (χ2v) is 8.78. The Balaban J connectivity index is 2.16. The number of rotatable bonds is 3. The fourth-order valence-corrected chi connectivity index (χ4v) is 3.87. The van der Waals surface area contributed by atoms with Crippen LogP contribution < -0.4 is 0 Å². The fraction of sp³-hybridized carbons (Fsp3) is 0.500. The van der Waals surface area contributed by atoms with E-state index in [9.17, 15) is 0 Å². The molecule has 0 aliphatic heterocycles. The molecule has 0 radical (unpaired) electrons. The Bertz CT molecular complexity index is 809. The van der Waals surface area contributed by atoms with Crippen LogP contribution in [0.4, 0.5) is 4.39 Å². The van der Waals surface area contributed by atoms with Gasteiger partial charge in [-0.25, -0.2) is 4.39 Å². The average molecular weight is 341 g/mol. The minimum absolute atomic E-state index is 0.0142. The van der Waals surface area contributed by atoms with Crippen molar-refractivity contribution in [2.45, 2.75) is 71.6 Å². The Labute approximate surface area is 150 Å². The lowest BCUT2D eigenvalue weighted by atomic mass is 9.62. The van der Waals surface area contributed by atoms with Crippen molar-refractivity contribution in [3.8, 4) is 0 Å². The summed E-state index contributed by atoms with van der Waals surface area (Å²) in [7, 11) is 0. The first kappa shape index (κ1) is 17.9. The number of nitrogens with zero attached hydrogens (tertiary/aromatic N) is 1. The molecule has 3 rings (SSSR count). The summed E-state index contributed by atoms with van der Waals surface area (Å²) in [5.41, 5.74) is 5.28. The number of fused-ring (bicyclic) bond motifs is 1. The quantitative estimate of drug-likeness (QED) is 0.664. The Morgan fingerprint density at radius 3 is 2.20 bits per heavy atom. The fourth-order valence-electron chi connectivity index (χ4n) is 3.87. The van der Waals surface area contributed by atoms with E-state index >= 15 is 4.39 Å². The molecule has 0 saturated carbocycles. The summed E-state index contributed by atoms with van der Waals surface area (Å²) in [5, 5.41) is 3.77. The van der Waals surface area contributed by atoms with Crippen molar-refractivity contribution in [1.29, 1.82) is 0 Å². The van der Waals surface area contributed by atoms with E-state index in [4.69, 9.17) is 4.52 Å². The highest BCUT2D eigenvalue weighted by Crippen LogP contribution is 2.47. The molecule has 1 aliphatic carbocycles. The number of hydrogen-bond donors (Lipinski definition) is 0. The molecule has 3 heteroatoms. The predicted octanol–water partition coefficient (Wildman–Crippen LogP) is 6.20. The Morgan fingerprint density at radius 2 is 1.68 bits per heavy atom. The Hall–Kier alpha value is -1.90. The maximum Gasteiger partial charge on any atom is 0.141 e. The molecule has 0 N–H and O–H groups in total. The van der Waals surface area contributed by atoms with Crippen LogP contribution in [0.1, 0.15) is 76.8 Å². The first-order valence-corrected chi connectivity index (χ1v) is 9.02. The van der Waals surface area contributed by atoms with Gasteiger partial charge in [0.25, 0.3) is 0 Å². The van der Waals surface area contributed by atoms with Gasteiger partial charge in [-0.05, 0) is 66.4 Å². The van der Waals surface area contributed by atoms with E-state index in [1.807, 2.05) is 19.9 Å². The third-order valence-corrected chi connectivity index (χ3v) is 5.71. The summed E-state index contributed by atoms with van der Waals surface area (Å²) in [4.78, 5) is 0. The smallest absolute Gasteiger partial charge is 0.141 e.